The van der Waals surface area contributed by atoms with Crippen molar-refractivity contribution in [2.75, 3.05) is 6.54 Å². The van der Waals surface area contributed by atoms with E-state index in [0.29, 0.717) is 19.5 Å². The third-order valence-corrected chi connectivity index (χ3v) is 3.65. The van der Waals surface area contributed by atoms with Crippen molar-refractivity contribution < 1.29 is 9.90 Å². The molecule has 0 fully saturated rings. The largest absolute Gasteiger partial charge is 0.388 e. The van der Waals surface area contributed by atoms with E-state index in [1.54, 1.807) is 4.68 Å². The second-order valence-electron chi connectivity index (χ2n) is 5.45. The fourth-order valence-corrected chi connectivity index (χ4v) is 2.43. The first kappa shape index (κ1) is 17.0. The van der Waals surface area contributed by atoms with Crippen LogP contribution in [0.1, 0.15) is 36.3 Å². The van der Waals surface area contributed by atoms with E-state index in [9.17, 15) is 9.90 Å². The van der Waals surface area contributed by atoms with Crippen LogP contribution in [0.25, 0.3) is 0 Å². The topological polar surface area (TPSA) is 79.2 Å². The molecule has 0 saturated carbocycles. The summed E-state index contributed by atoms with van der Waals surface area (Å²) >= 11 is 0. The quantitative estimate of drug-likeness (QED) is 0.730. The van der Waals surface area contributed by atoms with Crippen LogP contribution >= 0.6 is 0 Å². The van der Waals surface area contributed by atoms with Crippen LogP contribution in [-0.4, -0.2) is 27.5 Å². The van der Waals surface area contributed by atoms with E-state index in [1.807, 2.05) is 50.5 Å². The second kappa shape index (κ2) is 8.33. The number of benzene rings is 1. The summed E-state index contributed by atoms with van der Waals surface area (Å²) in [6, 6.07) is 9.19. The van der Waals surface area contributed by atoms with Gasteiger partial charge in [0.25, 0.3) is 0 Å². The highest BCUT2D eigenvalue weighted by molar-refractivity contribution is 5.73. The molecule has 0 spiro atoms. The van der Waals surface area contributed by atoms with Gasteiger partial charge in [-0.15, -0.1) is 0 Å². The molecule has 124 valence electrons. The summed E-state index contributed by atoms with van der Waals surface area (Å²) in [5, 5.41) is 19.9. The highest BCUT2D eigenvalue weighted by atomic mass is 16.3. The molecule has 0 aliphatic rings. The van der Waals surface area contributed by atoms with Gasteiger partial charge in [0.15, 0.2) is 0 Å². The number of nitrogens with one attached hydrogen (secondary N) is 2. The molecule has 1 heterocycles. The van der Waals surface area contributed by atoms with Crippen molar-refractivity contribution in [3.63, 3.8) is 0 Å². The summed E-state index contributed by atoms with van der Waals surface area (Å²) in [4.78, 5) is 11.8. The molecular formula is C17H24N4O2. The average Bonchev–Trinajstić information content (AvgIpc) is 2.93. The first-order valence-electron chi connectivity index (χ1n) is 7.86. The van der Waals surface area contributed by atoms with E-state index >= 15 is 0 Å². The molecule has 0 saturated heterocycles. The molecule has 6 heteroatoms. The first-order chi connectivity index (χ1) is 11.1. The van der Waals surface area contributed by atoms with Crippen LogP contribution in [0.5, 0.6) is 0 Å². The van der Waals surface area contributed by atoms with Crippen LogP contribution in [0, 0.1) is 0 Å². The molecule has 6 nitrogen and oxygen atoms in total. The minimum atomic E-state index is -0.568. The number of carbonyl (C=O) groups is 1. The smallest absolute Gasteiger partial charge is 0.315 e. The number of nitrogens with zero attached hydrogens (tertiary/aromatic N) is 2. The summed E-state index contributed by atoms with van der Waals surface area (Å²) in [6.07, 6.45) is 2.66. The van der Waals surface area contributed by atoms with Crippen molar-refractivity contribution in [3.8, 4) is 0 Å². The molecule has 1 unspecified atom stereocenters. The van der Waals surface area contributed by atoms with Crippen LogP contribution in [0.3, 0.4) is 0 Å². The maximum Gasteiger partial charge on any atom is 0.315 e. The molecule has 0 aliphatic carbocycles. The molecule has 0 aliphatic heterocycles. The number of hydrogen-bond acceptors (Lipinski definition) is 3. The lowest BCUT2D eigenvalue weighted by Gasteiger charge is -2.12. The first-order valence-corrected chi connectivity index (χ1v) is 7.86. The van der Waals surface area contributed by atoms with Gasteiger partial charge in [0.1, 0.15) is 0 Å². The molecule has 23 heavy (non-hydrogen) atoms. The van der Waals surface area contributed by atoms with E-state index in [-0.39, 0.29) is 6.03 Å². The van der Waals surface area contributed by atoms with Crippen molar-refractivity contribution in [1.82, 2.24) is 20.4 Å². The molecule has 3 N–H and O–H groups in total. The van der Waals surface area contributed by atoms with Gasteiger partial charge in [-0.2, -0.15) is 5.10 Å². The highest BCUT2D eigenvalue weighted by Gasteiger charge is 2.09. The number of amides is 2. The lowest BCUT2D eigenvalue weighted by Crippen LogP contribution is -2.36. The maximum absolute atomic E-state index is 11.8. The van der Waals surface area contributed by atoms with Crippen LogP contribution in [0.15, 0.2) is 36.5 Å². The third-order valence-electron chi connectivity index (χ3n) is 3.65. The Labute approximate surface area is 136 Å². The number of aryl methyl sites for hydroxylation is 2. The fraction of sp³-hybridized carbons (Fsp3) is 0.412. The number of rotatable bonds is 7. The van der Waals surface area contributed by atoms with Gasteiger partial charge in [-0.05, 0) is 18.4 Å². The summed E-state index contributed by atoms with van der Waals surface area (Å²) in [5.74, 6) is 0. The number of aromatic nitrogens is 2. The second-order valence-corrected chi connectivity index (χ2v) is 5.45. The van der Waals surface area contributed by atoms with E-state index < -0.39 is 6.10 Å². The molecule has 1 atom stereocenters. The third kappa shape index (κ3) is 5.10. The number of aliphatic hydroxyl groups excluding tert-OH is 1. The van der Waals surface area contributed by atoms with Crippen molar-refractivity contribution in [3.05, 3.63) is 53.3 Å². The monoisotopic (exact) mass is 316 g/mol. The van der Waals surface area contributed by atoms with Gasteiger partial charge >= 0.3 is 6.03 Å². The zero-order chi connectivity index (χ0) is 16.7. The van der Waals surface area contributed by atoms with Gasteiger partial charge in [-0.25, -0.2) is 4.79 Å². The summed E-state index contributed by atoms with van der Waals surface area (Å²) in [6.45, 7) is 2.90. The minimum absolute atomic E-state index is 0.240. The Balaban J connectivity index is 1.71. The minimum Gasteiger partial charge on any atom is -0.388 e. The van der Waals surface area contributed by atoms with E-state index in [0.717, 1.165) is 23.2 Å². The Morgan fingerprint density at radius 2 is 2.04 bits per heavy atom. The lowest BCUT2D eigenvalue weighted by atomic mass is 10.1. The van der Waals surface area contributed by atoms with Gasteiger partial charge in [-0.1, -0.05) is 37.3 Å². The van der Waals surface area contributed by atoms with Crippen LogP contribution in [-0.2, 0) is 20.0 Å². The average molecular weight is 316 g/mol. The van der Waals surface area contributed by atoms with E-state index in [2.05, 4.69) is 15.7 Å². The molecule has 0 bridgehead atoms. The molecular weight excluding hydrogens is 292 g/mol. The van der Waals surface area contributed by atoms with Crippen molar-refractivity contribution in [1.29, 1.82) is 0 Å². The summed E-state index contributed by atoms with van der Waals surface area (Å²) in [5.41, 5.74) is 2.87. The fourth-order valence-electron chi connectivity index (χ4n) is 2.43. The Hall–Kier alpha value is -2.34. The van der Waals surface area contributed by atoms with Gasteiger partial charge in [0.05, 0.1) is 11.8 Å². The highest BCUT2D eigenvalue weighted by Crippen LogP contribution is 2.14. The SMILES string of the molecule is CCc1nn(C)cc1CNC(=O)NCCC(O)c1ccccc1. The van der Waals surface area contributed by atoms with Crippen molar-refractivity contribution >= 4 is 6.03 Å². The Kier molecular flexibility index (Phi) is 6.17. The molecule has 2 amide bonds. The lowest BCUT2D eigenvalue weighted by molar-refractivity contribution is 0.167. The van der Waals surface area contributed by atoms with Gasteiger partial charge in [0, 0.05) is 31.9 Å². The normalized spacial score (nSPS) is 12.0. The van der Waals surface area contributed by atoms with Crippen LogP contribution < -0.4 is 10.6 Å². The summed E-state index contributed by atoms with van der Waals surface area (Å²) in [7, 11) is 1.87. The maximum atomic E-state index is 11.8. The Morgan fingerprint density at radius 3 is 2.74 bits per heavy atom. The number of urea groups is 1. The zero-order valence-electron chi connectivity index (χ0n) is 13.6. The molecule has 1 aromatic heterocycles. The van der Waals surface area contributed by atoms with Crippen LogP contribution in [0.4, 0.5) is 4.79 Å². The van der Waals surface area contributed by atoms with Crippen molar-refractivity contribution in [2.24, 2.45) is 7.05 Å². The van der Waals surface area contributed by atoms with E-state index in [4.69, 9.17) is 0 Å². The Morgan fingerprint density at radius 1 is 1.30 bits per heavy atom. The number of hydrogen-bond donors (Lipinski definition) is 3. The molecule has 2 aromatic rings. The van der Waals surface area contributed by atoms with Crippen LogP contribution in [0.2, 0.25) is 0 Å². The van der Waals surface area contributed by atoms with Gasteiger partial charge in [0.2, 0.25) is 0 Å². The standard InChI is InChI=1S/C17H24N4O2/c1-3-15-14(12-21(2)20-15)11-19-17(23)18-10-9-16(22)13-7-5-4-6-8-13/h4-8,12,16,22H,3,9-11H2,1-2H3,(H2,18,19,23). The molecule has 1 aromatic carbocycles. The zero-order valence-corrected chi connectivity index (χ0v) is 13.6. The predicted octanol–water partition coefficient (Wildman–Crippen LogP) is 1.91. The Bertz CT molecular complexity index is 625. The number of aliphatic hydroxyl groups is 1. The predicted molar refractivity (Wildman–Crippen MR) is 88.8 cm³/mol. The van der Waals surface area contributed by atoms with Gasteiger partial charge in [-0.3, -0.25) is 4.68 Å². The van der Waals surface area contributed by atoms with Gasteiger partial charge < -0.3 is 15.7 Å². The number of carbonyl (C=O) groups excluding carboxylic acids is 1. The molecule has 2 rings (SSSR count). The van der Waals surface area contributed by atoms with Crippen molar-refractivity contribution in [2.45, 2.75) is 32.4 Å². The van der Waals surface area contributed by atoms with E-state index in [1.165, 1.54) is 0 Å². The summed E-state index contributed by atoms with van der Waals surface area (Å²) < 4.78 is 1.75. The molecule has 0 radical (unpaired) electrons.